The molecule has 0 saturated carbocycles. The largest absolute Gasteiger partial charge is 0.396 e. The molecule has 1 aromatic rings. The zero-order chi connectivity index (χ0) is 19.8. The molecular weight excluding hydrogens is 375 g/mol. The van der Waals surface area contributed by atoms with Crippen LogP contribution in [-0.2, 0) is 13.8 Å². The normalized spacial score (nSPS) is 27.3. The van der Waals surface area contributed by atoms with Crippen LogP contribution in [0.1, 0.15) is 45.6 Å². The number of aromatic nitrogens is 2. The van der Waals surface area contributed by atoms with E-state index < -0.39 is 19.9 Å². The van der Waals surface area contributed by atoms with Crippen LogP contribution >= 0.6 is 8.60 Å². The second kappa shape index (κ2) is 11.0. The molecule has 1 aliphatic heterocycles. The van der Waals surface area contributed by atoms with Gasteiger partial charge in [0.15, 0.2) is 0 Å². The first-order valence-electron chi connectivity index (χ1n) is 9.25. The van der Waals surface area contributed by atoms with Crippen LogP contribution in [0.4, 0.5) is 0 Å². The number of nitrogens with one attached hydrogen (secondary N) is 1. The predicted molar refractivity (Wildman–Crippen MR) is 100 cm³/mol. The van der Waals surface area contributed by atoms with Crippen molar-refractivity contribution in [3.63, 3.8) is 0 Å². The Hall–Kier alpha value is -1.09. The van der Waals surface area contributed by atoms with Crippen LogP contribution < -0.4 is 11.2 Å². The van der Waals surface area contributed by atoms with Gasteiger partial charge in [-0.05, 0) is 39.5 Å². The molecule has 0 radical (unpaired) electrons. The SMILES string of the molecule is CC1OC(C)C(n2ccc(=O)[nH]c2=O)CCC1COP(O)OCCCCO. The van der Waals surface area contributed by atoms with Gasteiger partial charge in [-0.25, -0.2) is 4.79 Å². The Kier molecular flexibility index (Phi) is 9.08. The van der Waals surface area contributed by atoms with Gasteiger partial charge < -0.3 is 23.8 Å². The fourth-order valence-electron chi connectivity index (χ4n) is 3.22. The van der Waals surface area contributed by atoms with E-state index in [1.807, 2.05) is 13.8 Å². The predicted octanol–water partition coefficient (Wildman–Crippen LogP) is 1.31. The maximum absolute atomic E-state index is 12.1. The number of aliphatic hydroxyl groups is 1. The molecule has 1 saturated heterocycles. The minimum Gasteiger partial charge on any atom is -0.396 e. The van der Waals surface area contributed by atoms with Crippen LogP contribution in [0.25, 0.3) is 0 Å². The summed E-state index contributed by atoms with van der Waals surface area (Å²) in [4.78, 5) is 35.5. The highest BCUT2D eigenvalue weighted by Gasteiger charge is 2.32. The molecule has 2 rings (SSSR count). The monoisotopic (exact) mass is 404 g/mol. The lowest BCUT2D eigenvalue weighted by Gasteiger charge is -2.25. The second-order valence-corrected chi connectivity index (χ2v) is 7.76. The molecule has 5 unspecified atom stereocenters. The van der Waals surface area contributed by atoms with Crippen molar-refractivity contribution in [3.8, 4) is 0 Å². The summed E-state index contributed by atoms with van der Waals surface area (Å²) >= 11 is 0. The lowest BCUT2D eigenvalue weighted by molar-refractivity contribution is -0.0378. The van der Waals surface area contributed by atoms with Gasteiger partial charge in [-0.1, -0.05) is 0 Å². The number of rotatable bonds is 9. The minimum absolute atomic E-state index is 0.0501. The van der Waals surface area contributed by atoms with E-state index in [2.05, 4.69) is 4.98 Å². The van der Waals surface area contributed by atoms with Gasteiger partial charge in [-0.3, -0.25) is 14.3 Å². The minimum atomic E-state index is -1.96. The molecule has 3 N–H and O–H groups in total. The van der Waals surface area contributed by atoms with E-state index in [-0.39, 0.29) is 30.8 Å². The van der Waals surface area contributed by atoms with Crippen molar-refractivity contribution in [2.45, 2.75) is 57.8 Å². The fourth-order valence-corrected chi connectivity index (χ4v) is 3.90. The van der Waals surface area contributed by atoms with Crippen molar-refractivity contribution in [1.82, 2.24) is 9.55 Å². The molecule has 1 aromatic heterocycles. The van der Waals surface area contributed by atoms with Crippen LogP contribution in [-0.4, -0.2) is 51.6 Å². The lowest BCUT2D eigenvalue weighted by Crippen LogP contribution is -2.36. The summed E-state index contributed by atoms with van der Waals surface area (Å²) in [6, 6.07) is 1.14. The van der Waals surface area contributed by atoms with Gasteiger partial charge in [0, 0.05) is 24.8 Å². The Balaban J connectivity index is 1.90. The van der Waals surface area contributed by atoms with Gasteiger partial charge in [0.05, 0.1) is 31.5 Å². The van der Waals surface area contributed by atoms with Crippen molar-refractivity contribution < 1.29 is 23.8 Å². The third-order valence-corrected chi connectivity index (χ3v) is 5.60. The van der Waals surface area contributed by atoms with E-state index in [0.717, 1.165) is 6.42 Å². The lowest BCUT2D eigenvalue weighted by atomic mass is 9.97. The van der Waals surface area contributed by atoms with Gasteiger partial charge in [-0.15, -0.1) is 0 Å². The van der Waals surface area contributed by atoms with Crippen molar-refractivity contribution >= 4 is 8.60 Å². The number of hydrogen-bond donors (Lipinski definition) is 3. The third-order valence-electron chi connectivity index (χ3n) is 4.83. The Bertz CT molecular complexity index is 680. The molecule has 2 heterocycles. The number of unbranched alkanes of at least 4 members (excludes halogenated alkanes) is 1. The number of aromatic amines is 1. The van der Waals surface area contributed by atoms with E-state index in [9.17, 15) is 14.5 Å². The van der Waals surface area contributed by atoms with Crippen molar-refractivity contribution in [1.29, 1.82) is 0 Å². The molecule has 5 atom stereocenters. The first kappa shape index (κ1) is 22.2. The fraction of sp³-hybridized carbons (Fsp3) is 0.765. The van der Waals surface area contributed by atoms with E-state index >= 15 is 0 Å². The summed E-state index contributed by atoms with van der Waals surface area (Å²) in [6.07, 6.45) is 3.90. The number of hydrogen-bond acceptors (Lipinski definition) is 7. The highest BCUT2D eigenvalue weighted by molar-refractivity contribution is 7.40. The average Bonchev–Trinajstić information content (AvgIpc) is 2.75. The number of H-pyrrole nitrogens is 1. The van der Waals surface area contributed by atoms with Crippen molar-refractivity contribution in [2.24, 2.45) is 5.92 Å². The molecule has 0 aliphatic carbocycles. The summed E-state index contributed by atoms with van der Waals surface area (Å²) in [6.45, 7) is 4.59. The van der Waals surface area contributed by atoms with E-state index in [0.29, 0.717) is 32.5 Å². The molecule has 10 heteroatoms. The van der Waals surface area contributed by atoms with Gasteiger partial charge in [0.1, 0.15) is 0 Å². The Labute approximate surface area is 159 Å². The molecule has 1 aliphatic rings. The van der Waals surface area contributed by atoms with Crippen LogP contribution in [0.2, 0.25) is 0 Å². The van der Waals surface area contributed by atoms with Crippen LogP contribution in [0.3, 0.4) is 0 Å². The molecule has 0 spiro atoms. The molecule has 0 amide bonds. The maximum atomic E-state index is 12.1. The third kappa shape index (κ3) is 6.78. The number of nitrogens with zero attached hydrogens (tertiary/aromatic N) is 1. The number of ether oxygens (including phenoxy) is 1. The first-order chi connectivity index (χ1) is 12.9. The Morgan fingerprint density at radius 2 is 2.04 bits per heavy atom. The maximum Gasteiger partial charge on any atom is 0.329 e. The van der Waals surface area contributed by atoms with Gasteiger partial charge in [0.2, 0.25) is 0 Å². The summed E-state index contributed by atoms with van der Waals surface area (Å²) < 4.78 is 18.2. The Morgan fingerprint density at radius 3 is 2.74 bits per heavy atom. The van der Waals surface area contributed by atoms with E-state index in [1.54, 1.807) is 0 Å². The molecule has 0 bridgehead atoms. The average molecular weight is 404 g/mol. The van der Waals surface area contributed by atoms with Crippen LogP contribution in [0, 0.1) is 5.92 Å². The quantitative estimate of drug-likeness (QED) is 0.419. The molecule has 154 valence electrons. The van der Waals surface area contributed by atoms with Gasteiger partial charge in [-0.2, -0.15) is 0 Å². The summed E-state index contributed by atoms with van der Waals surface area (Å²) in [7, 11) is -1.96. The standard InChI is InChI=1S/C17H29N2O7P/c1-12-14(11-25-27(23)24-10-4-3-9-20)5-6-15(13(2)26-12)19-8-7-16(21)18-17(19)22/h7-8,12-15,20,23H,3-6,9-11H2,1-2H3,(H,18,21,22). The van der Waals surface area contributed by atoms with E-state index in [1.165, 1.54) is 16.8 Å². The van der Waals surface area contributed by atoms with Gasteiger partial charge in [0.25, 0.3) is 5.56 Å². The molecule has 27 heavy (non-hydrogen) atoms. The highest BCUT2D eigenvalue weighted by atomic mass is 31.2. The summed E-state index contributed by atoms with van der Waals surface area (Å²) in [5.41, 5.74) is -0.867. The molecular formula is C17H29N2O7P. The first-order valence-corrected chi connectivity index (χ1v) is 10.4. The molecule has 9 nitrogen and oxygen atoms in total. The van der Waals surface area contributed by atoms with Crippen LogP contribution in [0.15, 0.2) is 21.9 Å². The van der Waals surface area contributed by atoms with Crippen LogP contribution in [0.5, 0.6) is 0 Å². The topological polar surface area (TPSA) is 123 Å². The molecule has 1 fully saturated rings. The zero-order valence-corrected chi connectivity index (χ0v) is 16.6. The Morgan fingerprint density at radius 1 is 1.26 bits per heavy atom. The smallest absolute Gasteiger partial charge is 0.329 e. The van der Waals surface area contributed by atoms with Crippen molar-refractivity contribution in [3.05, 3.63) is 33.1 Å². The van der Waals surface area contributed by atoms with Gasteiger partial charge >= 0.3 is 14.3 Å². The summed E-state index contributed by atoms with van der Waals surface area (Å²) in [5, 5.41) is 8.72. The molecule has 0 aromatic carbocycles. The zero-order valence-electron chi connectivity index (χ0n) is 15.7. The van der Waals surface area contributed by atoms with Crippen molar-refractivity contribution in [2.75, 3.05) is 19.8 Å². The van der Waals surface area contributed by atoms with E-state index in [4.69, 9.17) is 18.9 Å². The second-order valence-electron chi connectivity index (χ2n) is 6.77. The highest BCUT2D eigenvalue weighted by Crippen LogP contribution is 2.37. The number of aliphatic hydroxyl groups excluding tert-OH is 1. The summed E-state index contributed by atoms with van der Waals surface area (Å²) in [5.74, 6) is 0.0501.